The monoisotopic (exact) mass is 464 g/mol. The highest BCUT2D eigenvalue weighted by Crippen LogP contribution is 2.28. The Labute approximate surface area is 207 Å². The van der Waals surface area contributed by atoms with Crippen molar-refractivity contribution in [2.75, 3.05) is 5.32 Å². The van der Waals surface area contributed by atoms with E-state index in [2.05, 4.69) is 29.4 Å². The highest BCUT2D eigenvalue weighted by molar-refractivity contribution is 6.08. The lowest BCUT2D eigenvalue weighted by Crippen LogP contribution is -2.25. The molecule has 0 spiro atoms. The first-order valence-electron chi connectivity index (χ1n) is 12.3. The lowest BCUT2D eigenvalue weighted by molar-refractivity contribution is 0.102. The quantitative estimate of drug-likeness (QED) is 0.269. The summed E-state index contributed by atoms with van der Waals surface area (Å²) in [5, 5.41) is 2.88. The minimum atomic E-state index is -0.427. The predicted octanol–water partition coefficient (Wildman–Crippen LogP) is 7.31. The first kappa shape index (κ1) is 24.2. The molecule has 35 heavy (non-hydrogen) atoms. The summed E-state index contributed by atoms with van der Waals surface area (Å²) in [6, 6.07) is 25.6. The van der Waals surface area contributed by atoms with E-state index in [0.29, 0.717) is 16.9 Å². The number of aromatic nitrogens is 1. The van der Waals surface area contributed by atoms with Gasteiger partial charge < -0.3 is 10.3 Å². The summed E-state index contributed by atoms with van der Waals surface area (Å²) in [6.45, 7) is 6.21. The molecular formula is C31H32N2O2. The minimum Gasteiger partial charge on any atom is -0.322 e. The minimum absolute atomic E-state index is 0.106. The second kappa shape index (κ2) is 11.0. The number of anilines is 1. The van der Waals surface area contributed by atoms with Gasteiger partial charge in [0.1, 0.15) is 5.56 Å². The van der Waals surface area contributed by atoms with E-state index in [4.69, 9.17) is 0 Å². The van der Waals surface area contributed by atoms with Gasteiger partial charge in [0.15, 0.2) is 0 Å². The van der Waals surface area contributed by atoms with Gasteiger partial charge in [-0.2, -0.15) is 0 Å². The zero-order chi connectivity index (χ0) is 24.8. The Bertz CT molecular complexity index is 1350. The Hall–Kier alpha value is -3.92. The Morgan fingerprint density at radius 1 is 0.800 bits per heavy atom. The van der Waals surface area contributed by atoms with Crippen LogP contribution in [0.4, 0.5) is 5.69 Å². The SMILES string of the molecule is CCCCCc1ccc(-c2cc(-c3ccc(C)cc3)c(C(=O)Nc3ccc(C)cc3)c(=O)[nH]2)cc1. The maximum atomic E-state index is 13.3. The summed E-state index contributed by atoms with van der Waals surface area (Å²) in [6.07, 6.45) is 4.65. The molecule has 0 unspecified atom stereocenters. The summed E-state index contributed by atoms with van der Waals surface area (Å²) in [7, 11) is 0. The van der Waals surface area contributed by atoms with Gasteiger partial charge in [-0.25, -0.2) is 0 Å². The highest BCUT2D eigenvalue weighted by atomic mass is 16.2. The Kier molecular flexibility index (Phi) is 7.61. The largest absolute Gasteiger partial charge is 0.322 e. The number of unbranched alkanes of at least 4 members (excludes halogenated alkanes) is 2. The van der Waals surface area contributed by atoms with Crippen LogP contribution in [-0.2, 0) is 6.42 Å². The number of H-pyrrole nitrogens is 1. The van der Waals surface area contributed by atoms with Crippen molar-refractivity contribution in [1.29, 1.82) is 0 Å². The molecule has 4 aromatic rings. The van der Waals surface area contributed by atoms with Crippen LogP contribution in [0.1, 0.15) is 53.2 Å². The van der Waals surface area contributed by atoms with Gasteiger partial charge in [0, 0.05) is 16.9 Å². The predicted molar refractivity (Wildman–Crippen MR) is 145 cm³/mol. The highest BCUT2D eigenvalue weighted by Gasteiger charge is 2.19. The number of rotatable bonds is 8. The topological polar surface area (TPSA) is 62.0 Å². The molecule has 3 aromatic carbocycles. The van der Waals surface area contributed by atoms with E-state index in [1.165, 1.54) is 24.8 Å². The number of benzene rings is 3. The number of pyridine rings is 1. The van der Waals surface area contributed by atoms with Gasteiger partial charge >= 0.3 is 0 Å². The second-order valence-corrected chi connectivity index (χ2v) is 9.14. The zero-order valence-corrected chi connectivity index (χ0v) is 20.7. The summed E-state index contributed by atoms with van der Waals surface area (Å²) in [4.78, 5) is 29.5. The first-order chi connectivity index (χ1) is 16.9. The van der Waals surface area contributed by atoms with Crippen molar-refractivity contribution in [3.63, 3.8) is 0 Å². The van der Waals surface area contributed by atoms with Gasteiger partial charge in [0.2, 0.25) is 0 Å². The molecule has 0 bridgehead atoms. The van der Waals surface area contributed by atoms with Crippen LogP contribution in [-0.4, -0.2) is 10.9 Å². The van der Waals surface area contributed by atoms with Crippen LogP contribution < -0.4 is 10.9 Å². The normalized spacial score (nSPS) is 10.8. The molecule has 0 fully saturated rings. The van der Waals surface area contributed by atoms with E-state index in [1.54, 1.807) is 0 Å². The number of hydrogen-bond acceptors (Lipinski definition) is 2. The average molecular weight is 465 g/mol. The third kappa shape index (κ3) is 5.96. The van der Waals surface area contributed by atoms with Gasteiger partial charge in [-0.1, -0.05) is 91.6 Å². The van der Waals surface area contributed by atoms with Gasteiger partial charge in [0.05, 0.1) is 0 Å². The molecule has 1 heterocycles. The molecule has 4 heteroatoms. The summed E-state index contributed by atoms with van der Waals surface area (Å²) < 4.78 is 0. The first-order valence-corrected chi connectivity index (χ1v) is 12.3. The maximum Gasteiger partial charge on any atom is 0.261 e. The smallest absolute Gasteiger partial charge is 0.261 e. The maximum absolute atomic E-state index is 13.3. The van der Waals surface area contributed by atoms with E-state index >= 15 is 0 Å². The van der Waals surface area contributed by atoms with E-state index in [0.717, 1.165) is 28.7 Å². The molecular weight excluding hydrogens is 432 g/mol. The van der Waals surface area contributed by atoms with E-state index in [9.17, 15) is 9.59 Å². The Morgan fingerprint density at radius 2 is 1.40 bits per heavy atom. The fourth-order valence-electron chi connectivity index (χ4n) is 4.16. The van der Waals surface area contributed by atoms with E-state index < -0.39 is 11.5 Å². The van der Waals surface area contributed by atoms with Crippen molar-refractivity contribution in [1.82, 2.24) is 4.98 Å². The van der Waals surface area contributed by atoms with Crippen LogP contribution in [0.15, 0.2) is 83.7 Å². The summed E-state index contributed by atoms with van der Waals surface area (Å²) in [5.74, 6) is -0.427. The number of carbonyl (C=O) groups is 1. The zero-order valence-electron chi connectivity index (χ0n) is 20.7. The average Bonchev–Trinajstić information content (AvgIpc) is 2.86. The van der Waals surface area contributed by atoms with Crippen molar-refractivity contribution in [2.45, 2.75) is 46.5 Å². The van der Waals surface area contributed by atoms with Gasteiger partial charge in [-0.05, 0) is 61.6 Å². The van der Waals surface area contributed by atoms with Crippen LogP contribution in [0.25, 0.3) is 22.4 Å². The van der Waals surface area contributed by atoms with Gasteiger partial charge in [0.25, 0.3) is 11.5 Å². The molecule has 178 valence electrons. The third-order valence-corrected chi connectivity index (χ3v) is 6.27. The summed E-state index contributed by atoms with van der Waals surface area (Å²) >= 11 is 0. The van der Waals surface area contributed by atoms with Crippen LogP contribution in [0.5, 0.6) is 0 Å². The van der Waals surface area contributed by atoms with Gasteiger partial charge in [-0.3, -0.25) is 9.59 Å². The van der Waals surface area contributed by atoms with Crippen LogP contribution >= 0.6 is 0 Å². The number of aryl methyl sites for hydroxylation is 3. The molecule has 4 rings (SSSR count). The number of hydrogen-bond donors (Lipinski definition) is 2. The van der Waals surface area contributed by atoms with Crippen molar-refractivity contribution < 1.29 is 4.79 Å². The molecule has 0 saturated carbocycles. The van der Waals surface area contributed by atoms with E-state index in [-0.39, 0.29) is 5.56 Å². The molecule has 0 saturated heterocycles. The molecule has 1 amide bonds. The van der Waals surface area contributed by atoms with Crippen LogP contribution in [0.3, 0.4) is 0 Å². The van der Waals surface area contributed by atoms with Crippen LogP contribution in [0.2, 0.25) is 0 Å². The summed E-state index contributed by atoms with van der Waals surface area (Å²) in [5.41, 5.74) is 6.90. The molecule has 0 radical (unpaired) electrons. The molecule has 1 aromatic heterocycles. The van der Waals surface area contributed by atoms with Crippen LogP contribution in [0, 0.1) is 13.8 Å². The lowest BCUT2D eigenvalue weighted by atomic mass is 9.96. The fourth-order valence-corrected chi connectivity index (χ4v) is 4.16. The molecule has 0 aliphatic rings. The van der Waals surface area contributed by atoms with Crippen molar-refractivity contribution in [3.05, 3.63) is 111 Å². The van der Waals surface area contributed by atoms with Crippen molar-refractivity contribution >= 4 is 11.6 Å². The Balaban J connectivity index is 1.73. The standard InChI is InChI=1S/C31H32N2O2/c1-4-5-6-7-23-12-16-25(17-13-23)28-20-27(24-14-8-21(2)9-15-24)29(31(35)33-28)30(34)32-26-18-10-22(3)11-19-26/h8-20H,4-7H2,1-3H3,(H,32,34)(H,33,35). The molecule has 0 aliphatic heterocycles. The fraction of sp³-hybridized carbons (Fsp3) is 0.226. The van der Waals surface area contributed by atoms with Crippen molar-refractivity contribution in [3.8, 4) is 22.4 Å². The molecule has 4 nitrogen and oxygen atoms in total. The number of carbonyl (C=O) groups excluding carboxylic acids is 1. The number of aromatic amines is 1. The molecule has 2 N–H and O–H groups in total. The molecule has 0 aliphatic carbocycles. The lowest BCUT2D eigenvalue weighted by Gasteiger charge is -2.13. The third-order valence-electron chi connectivity index (χ3n) is 6.27. The van der Waals surface area contributed by atoms with Crippen molar-refractivity contribution in [2.24, 2.45) is 0 Å². The van der Waals surface area contributed by atoms with E-state index in [1.807, 2.05) is 80.6 Å². The van der Waals surface area contributed by atoms with Gasteiger partial charge in [-0.15, -0.1) is 0 Å². The number of nitrogens with one attached hydrogen (secondary N) is 2. The molecule has 0 atom stereocenters. The Morgan fingerprint density at radius 3 is 2.03 bits per heavy atom. The second-order valence-electron chi connectivity index (χ2n) is 9.14. The number of amides is 1.